The highest BCUT2D eigenvalue weighted by Crippen LogP contribution is 2.16. The van der Waals surface area contributed by atoms with Gasteiger partial charge in [-0.25, -0.2) is 9.97 Å². The summed E-state index contributed by atoms with van der Waals surface area (Å²) in [5.41, 5.74) is 2.28. The van der Waals surface area contributed by atoms with Gasteiger partial charge in [-0.2, -0.15) is 0 Å². The molecule has 1 aromatic rings. The summed E-state index contributed by atoms with van der Waals surface area (Å²) in [6.45, 7) is 5.11. The summed E-state index contributed by atoms with van der Waals surface area (Å²) < 4.78 is 0. The van der Waals surface area contributed by atoms with Crippen molar-refractivity contribution in [3.63, 3.8) is 0 Å². The third kappa shape index (κ3) is 3.42. The van der Waals surface area contributed by atoms with Crippen LogP contribution in [0.3, 0.4) is 0 Å². The molecule has 2 heterocycles. The van der Waals surface area contributed by atoms with Gasteiger partial charge in [0, 0.05) is 37.1 Å². The average Bonchev–Trinajstić information content (AvgIpc) is 2.32. The van der Waals surface area contributed by atoms with Gasteiger partial charge >= 0.3 is 0 Å². The summed E-state index contributed by atoms with van der Waals surface area (Å²) in [6.07, 6.45) is 8.56. The molecule has 0 saturated carbocycles. The Kier molecular flexibility index (Phi) is 4.93. The van der Waals surface area contributed by atoms with Gasteiger partial charge in [-0.3, -0.25) is 0 Å². The fourth-order valence-electron chi connectivity index (χ4n) is 2.44. The van der Waals surface area contributed by atoms with Crippen LogP contribution in [0, 0.1) is 6.92 Å². The predicted octanol–water partition coefficient (Wildman–Crippen LogP) is 2.27. The summed E-state index contributed by atoms with van der Waals surface area (Å²) in [6, 6.07) is 0. The van der Waals surface area contributed by atoms with Crippen LogP contribution >= 0.6 is 0 Å². The quantitative estimate of drug-likeness (QED) is 0.891. The molecular formula is C14H24N4. The Balaban J connectivity index is 2.08. The van der Waals surface area contributed by atoms with Crippen LogP contribution in [-0.4, -0.2) is 30.1 Å². The van der Waals surface area contributed by atoms with E-state index in [-0.39, 0.29) is 0 Å². The second-order valence-corrected chi connectivity index (χ2v) is 5.07. The third-order valence-corrected chi connectivity index (χ3v) is 3.57. The lowest BCUT2D eigenvalue weighted by molar-refractivity contribution is 0.550. The predicted molar refractivity (Wildman–Crippen MR) is 74.8 cm³/mol. The monoisotopic (exact) mass is 248 g/mol. The molecule has 0 atom stereocenters. The summed E-state index contributed by atoms with van der Waals surface area (Å²) in [5, 5.41) is 3.15. The van der Waals surface area contributed by atoms with E-state index < -0.39 is 0 Å². The average molecular weight is 248 g/mol. The molecule has 0 aromatic carbocycles. The fourth-order valence-corrected chi connectivity index (χ4v) is 2.44. The van der Waals surface area contributed by atoms with E-state index in [1.165, 1.54) is 37.7 Å². The number of aryl methyl sites for hydroxylation is 1. The number of anilines is 1. The molecule has 1 aliphatic rings. The van der Waals surface area contributed by atoms with Crippen LogP contribution < -0.4 is 10.2 Å². The maximum atomic E-state index is 4.66. The Hall–Kier alpha value is -1.16. The van der Waals surface area contributed by atoms with Gasteiger partial charge in [0.2, 0.25) is 5.95 Å². The number of rotatable bonds is 3. The molecule has 1 aromatic heterocycles. The molecule has 1 saturated heterocycles. The standard InChI is InChI=1S/C14H24N4/c1-12-13(10-15-2)11-16-14(17-12)18-8-6-4-3-5-7-9-18/h11,15H,3-10H2,1-2H3. The van der Waals surface area contributed by atoms with Crippen molar-refractivity contribution in [2.24, 2.45) is 0 Å². The van der Waals surface area contributed by atoms with Gasteiger partial charge in [-0.15, -0.1) is 0 Å². The highest BCUT2D eigenvalue weighted by molar-refractivity contribution is 5.32. The van der Waals surface area contributed by atoms with Crippen molar-refractivity contribution in [3.8, 4) is 0 Å². The first kappa shape index (κ1) is 13.3. The topological polar surface area (TPSA) is 41.1 Å². The minimum atomic E-state index is 0.839. The molecule has 4 nitrogen and oxygen atoms in total. The Morgan fingerprint density at radius 3 is 2.44 bits per heavy atom. The zero-order valence-corrected chi connectivity index (χ0v) is 11.6. The first-order valence-corrected chi connectivity index (χ1v) is 7.03. The lowest BCUT2D eigenvalue weighted by atomic mass is 10.1. The van der Waals surface area contributed by atoms with Crippen LogP contribution in [0.4, 0.5) is 5.95 Å². The smallest absolute Gasteiger partial charge is 0.225 e. The maximum absolute atomic E-state index is 4.66. The minimum absolute atomic E-state index is 0.839. The summed E-state index contributed by atoms with van der Waals surface area (Å²) >= 11 is 0. The second-order valence-electron chi connectivity index (χ2n) is 5.07. The SMILES string of the molecule is CNCc1cnc(N2CCCCCCC2)nc1C. The van der Waals surface area contributed by atoms with E-state index in [9.17, 15) is 0 Å². The van der Waals surface area contributed by atoms with Crippen LogP contribution in [-0.2, 0) is 6.54 Å². The number of aromatic nitrogens is 2. The van der Waals surface area contributed by atoms with E-state index in [2.05, 4.69) is 27.1 Å². The molecule has 0 radical (unpaired) electrons. The zero-order chi connectivity index (χ0) is 12.8. The number of nitrogens with one attached hydrogen (secondary N) is 1. The molecule has 0 amide bonds. The van der Waals surface area contributed by atoms with E-state index in [4.69, 9.17) is 0 Å². The van der Waals surface area contributed by atoms with E-state index in [0.29, 0.717) is 0 Å². The number of hydrogen-bond donors (Lipinski definition) is 1. The van der Waals surface area contributed by atoms with Gasteiger partial charge in [0.25, 0.3) is 0 Å². The highest BCUT2D eigenvalue weighted by atomic mass is 15.2. The van der Waals surface area contributed by atoms with Gasteiger partial charge in [0.1, 0.15) is 0 Å². The first-order valence-electron chi connectivity index (χ1n) is 7.03. The van der Waals surface area contributed by atoms with Gasteiger partial charge in [-0.1, -0.05) is 19.3 Å². The van der Waals surface area contributed by atoms with Crippen LogP contribution in [0.2, 0.25) is 0 Å². The van der Waals surface area contributed by atoms with Crippen LogP contribution in [0.25, 0.3) is 0 Å². The van der Waals surface area contributed by atoms with Crippen molar-refractivity contribution in [3.05, 3.63) is 17.5 Å². The van der Waals surface area contributed by atoms with Gasteiger partial charge in [0.05, 0.1) is 0 Å². The van der Waals surface area contributed by atoms with Crippen LogP contribution in [0.5, 0.6) is 0 Å². The zero-order valence-electron chi connectivity index (χ0n) is 11.6. The van der Waals surface area contributed by atoms with E-state index in [1.54, 1.807) is 0 Å². The molecule has 1 fully saturated rings. The van der Waals surface area contributed by atoms with Crippen LogP contribution in [0.1, 0.15) is 43.4 Å². The molecule has 1 aliphatic heterocycles. The lowest BCUT2D eigenvalue weighted by Gasteiger charge is -2.25. The Morgan fingerprint density at radius 2 is 1.83 bits per heavy atom. The van der Waals surface area contributed by atoms with Crippen molar-refractivity contribution < 1.29 is 0 Å². The molecular weight excluding hydrogens is 224 g/mol. The van der Waals surface area contributed by atoms with Crippen molar-refractivity contribution in [2.75, 3.05) is 25.0 Å². The van der Waals surface area contributed by atoms with Crippen LogP contribution in [0.15, 0.2) is 6.20 Å². The molecule has 4 heteroatoms. The molecule has 0 unspecified atom stereocenters. The molecule has 1 N–H and O–H groups in total. The summed E-state index contributed by atoms with van der Waals surface area (Å²) in [5.74, 6) is 0.911. The van der Waals surface area contributed by atoms with E-state index in [1.807, 2.05) is 13.2 Å². The van der Waals surface area contributed by atoms with Gasteiger partial charge < -0.3 is 10.2 Å². The molecule has 0 aliphatic carbocycles. The summed E-state index contributed by atoms with van der Waals surface area (Å²) in [7, 11) is 1.95. The largest absolute Gasteiger partial charge is 0.341 e. The van der Waals surface area contributed by atoms with Crippen molar-refractivity contribution in [1.82, 2.24) is 15.3 Å². The highest BCUT2D eigenvalue weighted by Gasteiger charge is 2.12. The Labute approximate surface area is 110 Å². The lowest BCUT2D eigenvalue weighted by Crippen LogP contribution is -2.29. The minimum Gasteiger partial charge on any atom is -0.341 e. The number of nitrogens with zero attached hydrogens (tertiary/aromatic N) is 3. The molecule has 100 valence electrons. The van der Waals surface area contributed by atoms with Crippen molar-refractivity contribution in [2.45, 2.75) is 45.6 Å². The maximum Gasteiger partial charge on any atom is 0.225 e. The van der Waals surface area contributed by atoms with Gasteiger partial charge in [0.15, 0.2) is 0 Å². The van der Waals surface area contributed by atoms with Crippen molar-refractivity contribution in [1.29, 1.82) is 0 Å². The number of hydrogen-bond acceptors (Lipinski definition) is 4. The van der Waals surface area contributed by atoms with E-state index in [0.717, 1.165) is 31.3 Å². The third-order valence-electron chi connectivity index (χ3n) is 3.57. The summed E-state index contributed by atoms with van der Waals surface area (Å²) in [4.78, 5) is 11.5. The molecule has 2 rings (SSSR count). The molecule has 18 heavy (non-hydrogen) atoms. The molecule has 0 bridgehead atoms. The first-order chi connectivity index (χ1) is 8.81. The van der Waals surface area contributed by atoms with Crippen molar-refractivity contribution >= 4 is 5.95 Å². The Bertz CT molecular complexity index is 370. The van der Waals surface area contributed by atoms with E-state index >= 15 is 0 Å². The molecule has 0 spiro atoms. The fraction of sp³-hybridized carbons (Fsp3) is 0.714. The van der Waals surface area contributed by atoms with Gasteiger partial charge in [-0.05, 0) is 26.8 Å². The second kappa shape index (κ2) is 6.69. The Morgan fingerprint density at radius 1 is 1.17 bits per heavy atom. The normalized spacial score (nSPS) is 17.3.